The van der Waals surface area contributed by atoms with Gasteiger partial charge in [0.2, 0.25) is 5.95 Å². The summed E-state index contributed by atoms with van der Waals surface area (Å²) in [7, 11) is -2.84. The highest BCUT2D eigenvalue weighted by Gasteiger charge is 2.35. The van der Waals surface area contributed by atoms with E-state index in [1.54, 1.807) is 6.07 Å². The molecule has 5 N–H and O–H groups in total. The van der Waals surface area contributed by atoms with E-state index in [9.17, 15) is 22.5 Å². The lowest BCUT2D eigenvalue weighted by Crippen LogP contribution is -2.20. The van der Waals surface area contributed by atoms with Crippen molar-refractivity contribution in [3.05, 3.63) is 69.8 Å². The molecule has 180 valence electrons. The van der Waals surface area contributed by atoms with E-state index >= 15 is 0 Å². The van der Waals surface area contributed by atoms with Crippen molar-refractivity contribution in [2.24, 2.45) is 0 Å². The van der Waals surface area contributed by atoms with Gasteiger partial charge in [0.15, 0.2) is 0 Å². The molecule has 2 aromatic carbocycles. The number of halogens is 4. The molecule has 34 heavy (non-hydrogen) atoms. The highest BCUT2D eigenvalue weighted by molar-refractivity contribution is 9.10. The van der Waals surface area contributed by atoms with E-state index in [0.717, 1.165) is 0 Å². The van der Waals surface area contributed by atoms with Crippen LogP contribution in [0, 0.1) is 0 Å². The number of carbonyl (C=O) groups is 1. The van der Waals surface area contributed by atoms with Crippen LogP contribution in [-0.4, -0.2) is 32.7 Å². The topological polar surface area (TPSA) is 136 Å². The molecule has 14 heteroatoms. The maximum absolute atomic E-state index is 13.6. The minimum atomic E-state index is -4.77. The Kier molecular flexibility index (Phi) is 7.61. The van der Waals surface area contributed by atoms with E-state index < -0.39 is 37.2 Å². The Bertz CT molecular complexity index is 1250. The molecule has 0 atom stereocenters. The number of benzene rings is 2. The number of carbonyl (C=O) groups excluding carboxylic acids is 1. The number of aromatic nitrogens is 2. The molecular weight excluding hydrogens is 542 g/mol. The highest BCUT2D eigenvalue weighted by Crippen LogP contribution is 2.39. The Morgan fingerprint density at radius 3 is 2.38 bits per heavy atom. The van der Waals surface area contributed by atoms with Gasteiger partial charge in [-0.15, -0.1) is 0 Å². The molecular formula is C20H18BrF3N5O4P. The average Bonchev–Trinajstić information content (AvgIpc) is 2.74. The average molecular weight is 560 g/mol. The second kappa shape index (κ2) is 10.1. The predicted octanol–water partition coefficient (Wildman–Crippen LogP) is 4.78. The smallest absolute Gasteiger partial charge is 0.355 e. The van der Waals surface area contributed by atoms with Crippen LogP contribution in [0.2, 0.25) is 0 Å². The maximum atomic E-state index is 13.6. The van der Waals surface area contributed by atoms with Crippen molar-refractivity contribution < 1.29 is 32.3 Å². The van der Waals surface area contributed by atoms with Gasteiger partial charge in [0.05, 0.1) is 17.4 Å². The van der Waals surface area contributed by atoms with Gasteiger partial charge in [0.25, 0.3) is 5.91 Å². The monoisotopic (exact) mass is 559 g/mol. The Balaban J connectivity index is 1.94. The Morgan fingerprint density at radius 1 is 1.12 bits per heavy atom. The van der Waals surface area contributed by atoms with Crippen LogP contribution in [-0.2, 0) is 16.9 Å². The van der Waals surface area contributed by atoms with Gasteiger partial charge in [-0.3, -0.25) is 9.36 Å². The number of nitrogens with one attached hydrogen (secondary N) is 3. The van der Waals surface area contributed by atoms with E-state index in [-0.39, 0.29) is 17.2 Å². The molecule has 0 saturated heterocycles. The van der Waals surface area contributed by atoms with Crippen LogP contribution in [0.15, 0.2) is 53.1 Å². The van der Waals surface area contributed by atoms with Crippen LogP contribution < -0.4 is 16.0 Å². The van der Waals surface area contributed by atoms with E-state index in [0.29, 0.717) is 21.9 Å². The summed E-state index contributed by atoms with van der Waals surface area (Å²) in [5.74, 6) is -1.26. The fourth-order valence-corrected chi connectivity index (χ4v) is 3.93. The molecule has 0 bridgehead atoms. The summed E-state index contributed by atoms with van der Waals surface area (Å²) in [5, 5.41) is 7.74. The quantitative estimate of drug-likeness (QED) is 0.261. The molecule has 0 unspecified atom stereocenters. The standard InChI is InChI=1S/C20H18BrF3N5O4P/c1-25-18(30)14-8-12(21)4-7-16(14)28-17-15(20(22,23)24)9-26-19(29-17)27-13-5-2-11(3-6-13)10-34(31,32)33/h2-9H,10H2,1H3,(H,25,30)(H2,31,32,33)(H2,26,27,28,29). The van der Waals surface area contributed by atoms with Gasteiger partial charge in [-0.25, -0.2) is 4.98 Å². The van der Waals surface area contributed by atoms with E-state index in [2.05, 4.69) is 41.8 Å². The van der Waals surface area contributed by atoms with Crippen molar-refractivity contribution in [1.82, 2.24) is 15.3 Å². The molecule has 3 aromatic rings. The SMILES string of the molecule is CNC(=O)c1cc(Br)ccc1Nc1nc(Nc2ccc(CP(=O)(O)O)cc2)ncc1C(F)(F)F. The Morgan fingerprint density at radius 2 is 1.79 bits per heavy atom. The molecule has 1 aromatic heterocycles. The summed E-state index contributed by atoms with van der Waals surface area (Å²) < 4.78 is 52.4. The van der Waals surface area contributed by atoms with E-state index in [1.807, 2.05) is 0 Å². The first-order valence-electron chi connectivity index (χ1n) is 9.49. The Hall–Kier alpha value is -2.99. The number of hydrogen-bond donors (Lipinski definition) is 5. The molecule has 0 fully saturated rings. The van der Waals surface area contributed by atoms with Crippen LogP contribution in [0.25, 0.3) is 0 Å². The molecule has 0 aliphatic carbocycles. The van der Waals surface area contributed by atoms with Crippen molar-refractivity contribution in [2.75, 3.05) is 17.7 Å². The molecule has 0 aliphatic heterocycles. The predicted molar refractivity (Wildman–Crippen MR) is 123 cm³/mol. The van der Waals surface area contributed by atoms with Crippen molar-refractivity contribution >= 4 is 52.6 Å². The minimum Gasteiger partial charge on any atom is -0.355 e. The van der Waals surface area contributed by atoms with Crippen molar-refractivity contribution in [3.8, 4) is 0 Å². The minimum absolute atomic E-state index is 0.0961. The summed E-state index contributed by atoms with van der Waals surface area (Å²) in [6.07, 6.45) is -4.61. The van der Waals surface area contributed by atoms with E-state index in [1.165, 1.54) is 43.4 Å². The summed E-state index contributed by atoms with van der Waals surface area (Å²) in [5.41, 5.74) is -0.180. The highest BCUT2D eigenvalue weighted by atomic mass is 79.9. The molecule has 0 saturated carbocycles. The number of anilines is 4. The summed E-state index contributed by atoms with van der Waals surface area (Å²) >= 11 is 3.23. The molecule has 1 amide bonds. The summed E-state index contributed by atoms with van der Waals surface area (Å²) in [4.78, 5) is 38.0. The first-order chi connectivity index (χ1) is 15.9. The lowest BCUT2D eigenvalue weighted by Gasteiger charge is -2.17. The lowest BCUT2D eigenvalue weighted by atomic mass is 10.1. The maximum Gasteiger partial charge on any atom is 0.421 e. The zero-order chi connectivity index (χ0) is 25.1. The summed E-state index contributed by atoms with van der Waals surface area (Å²) in [6, 6.07) is 10.3. The zero-order valence-corrected chi connectivity index (χ0v) is 19.9. The van der Waals surface area contributed by atoms with Gasteiger partial charge in [-0.2, -0.15) is 18.2 Å². The van der Waals surface area contributed by atoms with Crippen LogP contribution in [0.5, 0.6) is 0 Å². The van der Waals surface area contributed by atoms with Gasteiger partial charge in [-0.1, -0.05) is 28.1 Å². The third kappa shape index (κ3) is 6.76. The van der Waals surface area contributed by atoms with Crippen molar-refractivity contribution in [2.45, 2.75) is 12.3 Å². The molecule has 0 aliphatic rings. The summed E-state index contributed by atoms with van der Waals surface area (Å²) in [6.45, 7) is 0. The number of nitrogens with zero attached hydrogens (tertiary/aromatic N) is 2. The van der Waals surface area contributed by atoms with Crippen molar-refractivity contribution in [1.29, 1.82) is 0 Å². The normalized spacial score (nSPS) is 11.7. The van der Waals surface area contributed by atoms with Gasteiger partial charge in [0.1, 0.15) is 11.4 Å². The fourth-order valence-electron chi connectivity index (χ4n) is 2.88. The number of amides is 1. The second-order valence-electron chi connectivity index (χ2n) is 6.99. The molecule has 0 spiro atoms. The van der Waals surface area contributed by atoms with Gasteiger partial charge >= 0.3 is 13.8 Å². The number of rotatable bonds is 7. The molecule has 9 nitrogen and oxygen atoms in total. The zero-order valence-electron chi connectivity index (χ0n) is 17.4. The van der Waals surface area contributed by atoms with Crippen LogP contribution in [0.3, 0.4) is 0 Å². The third-order valence-corrected chi connectivity index (χ3v) is 5.67. The Labute approximate surface area is 200 Å². The molecule has 3 rings (SSSR count). The number of alkyl halides is 3. The van der Waals surface area contributed by atoms with E-state index in [4.69, 9.17) is 9.79 Å². The second-order valence-corrected chi connectivity index (χ2v) is 9.55. The van der Waals surface area contributed by atoms with Gasteiger partial charge < -0.3 is 25.7 Å². The fraction of sp³-hybridized carbons (Fsp3) is 0.150. The largest absolute Gasteiger partial charge is 0.421 e. The third-order valence-electron chi connectivity index (χ3n) is 4.40. The molecule has 1 heterocycles. The van der Waals surface area contributed by atoms with Gasteiger partial charge in [-0.05, 0) is 35.9 Å². The van der Waals surface area contributed by atoms with Crippen LogP contribution >= 0.6 is 23.5 Å². The first kappa shape index (κ1) is 25.6. The van der Waals surface area contributed by atoms with Crippen molar-refractivity contribution in [3.63, 3.8) is 0 Å². The van der Waals surface area contributed by atoms with Gasteiger partial charge in [0, 0.05) is 23.4 Å². The first-order valence-corrected chi connectivity index (χ1v) is 12.1. The van der Waals surface area contributed by atoms with Crippen LogP contribution in [0.4, 0.5) is 36.3 Å². The van der Waals surface area contributed by atoms with Crippen LogP contribution in [0.1, 0.15) is 21.5 Å². The lowest BCUT2D eigenvalue weighted by molar-refractivity contribution is -0.137. The number of hydrogen-bond acceptors (Lipinski definition) is 6. The molecule has 0 radical (unpaired) electrons.